The van der Waals surface area contributed by atoms with E-state index in [4.69, 9.17) is 14.2 Å². The standard InChI is InChI=1S/C24H28N2O7S/c27-23(25-11-8-18-6-7-21-22(16-18)32-15-14-31-21)17-33-24(28)19-9-12-26(13-10-19)34(29,30)20-4-2-1-3-5-20/h1-7,16,19H,8-15,17H2,(H,25,27). The topological polar surface area (TPSA) is 111 Å². The van der Waals surface area contributed by atoms with Crippen LogP contribution in [0.25, 0.3) is 0 Å². The van der Waals surface area contributed by atoms with Gasteiger partial charge in [-0.2, -0.15) is 4.31 Å². The fourth-order valence-corrected chi connectivity index (χ4v) is 5.46. The number of benzene rings is 2. The van der Waals surface area contributed by atoms with Crippen molar-refractivity contribution >= 4 is 21.9 Å². The number of amides is 1. The van der Waals surface area contributed by atoms with E-state index in [1.54, 1.807) is 30.3 Å². The van der Waals surface area contributed by atoms with Crippen molar-refractivity contribution in [1.29, 1.82) is 0 Å². The molecule has 2 aromatic rings. The predicted octanol–water partition coefficient (Wildman–Crippen LogP) is 1.76. The summed E-state index contributed by atoms with van der Waals surface area (Å²) < 4.78 is 43.0. The zero-order chi connectivity index (χ0) is 24.0. The lowest BCUT2D eigenvalue weighted by Gasteiger charge is -2.30. The molecule has 2 aliphatic rings. The molecule has 2 aliphatic heterocycles. The summed E-state index contributed by atoms with van der Waals surface area (Å²) in [5.41, 5.74) is 0.999. The van der Waals surface area contributed by atoms with Crippen molar-refractivity contribution in [3.63, 3.8) is 0 Å². The number of carbonyl (C=O) groups excluding carboxylic acids is 2. The molecule has 0 unspecified atom stereocenters. The van der Waals surface area contributed by atoms with E-state index in [1.165, 1.54) is 4.31 Å². The number of sulfonamides is 1. The number of esters is 1. The second kappa shape index (κ2) is 10.9. The Labute approximate surface area is 199 Å². The van der Waals surface area contributed by atoms with Crippen LogP contribution in [-0.4, -0.2) is 64.1 Å². The molecule has 9 nitrogen and oxygen atoms in total. The second-order valence-corrected chi connectivity index (χ2v) is 10.1. The van der Waals surface area contributed by atoms with E-state index in [-0.39, 0.29) is 30.5 Å². The van der Waals surface area contributed by atoms with Gasteiger partial charge in [0.25, 0.3) is 5.91 Å². The lowest BCUT2D eigenvalue weighted by atomic mass is 9.98. The molecule has 0 bridgehead atoms. The van der Waals surface area contributed by atoms with Gasteiger partial charge in [0.2, 0.25) is 10.0 Å². The average molecular weight is 489 g/mol. The van der Waals surface area contributed by atoms with E-state index >= 15 is 0 Å². The van der Waals surface area contributed by atoms with Gasteiger partial charge in [-0.1, -0.05) is 24.3 Å². The number of hydrogen-bond donors (Lipinski definition) is 1. The number of piperidine rings is 1. The van der Waals surface area contributed by atoms with E-state index in [1.807, 2.05) is 18.2 Å². The molecule has 0 atom stereocenters. The minimum atomic E-state index is -3.57. The minimum Gasteiger partial charge on any atom is -0.486 e. The van der Waals surface area contributed by atoms with Gasteiger partial charge in [0.15, 0.2) is 18.1 Å². The van der Waals surface area contributed by atoms with Crippen molar-refractivity contribution in [2.24, 2.45) is 5.92 Å². The molecular weight excluding hydrogens is 460 g/mol. The highest BCUT2D eigenvalue weighted by atomic mass is 32.2. The minimum absolute atomic E-state index is 0.235. The van der Waals surface area contributed by atoms with Crippen molar-refractivity contribution in [3.8, 4) is 11.5 Å². The van der Waals surface area contributed by atoms with Gasteiger partial charge < -0.3 is 19.5 Å². The molecule has 0 saturated carbocycles. The maximum Gasteiger partial charge on any atom is 0.309 e. The summed E-state index contributed by atoms with van der Waals surface area (Å²) in [6.07, 6.45) is 1.32. The highest BCUT2D eigenvalue weighted by Gasteiger charge is 2.32. The van der Waals surface area contributed by atoms with Crippen LogP contribution >= 0.6 is 0 Å². The summed E-state index contributed by atoms with van der Waals surface area (Å²) in [4.78, 5) is 24.7. The Morgan fingerprint density at radius 2 is 1.71 bits per heavy atom. The summed E-state index contributed by atoms with van der Waals surface area (Å²) in [5, 5.41) is 2.74. The number of rotatable bonds is 8. The predicted molar refractivity (Wildman–Crippen MR) is 123 cm³/mol. The molecule has 1 amide bonds. The van der Waals surface area contributed by atoms with Gasteiger partial charge in [-0.25, -0.2) is 8.42 Å². The molecule has 0 radical (unpaired) electrons. The molecule has 10 heteroatoms. The van der Waals surface area contributed by atoms with Crippen LogP contribution < -0.4 is 14.8 Å². The summed E-state index contributed by atoms with van der Waals surface area (Å²) >= 11 is 0. The first kappa shape index (κ1) is 24.0. The fraction of sp³-hybridized carbons (Fsp3) is 0.417. The maximum absolute atomic E-state index is 12.7. The van der Waals surface area contributed by atoms with Crippen LogP contribution in [0.1, 0.15) is 18.4 Å². The van der Waals surface area contributed by atoms with E-state index in [2.05, 4.69) is 5.32 Å². The zero-order valence-electron chi connectivity index (χ0n) is 18.8. The van der Waals surface area contributed by atoms with Crippen LogP contribution in [0.15, 0.2) is 53.4 Å². The van der Waals surface area contributed by atoms with Gasteiger partial charge in [0.05, 0.1) is 10.8 Å². The van der Waals surface area contributed by atoms with Crippen LogP contribution in [0.3, 0.4) is 0 Å². The smallest absolute Gasteiger partial charge is 0.309 e. The quantitative estimate of drug-likeness (QED) is 0.564. The number of fused-ring (bicyclic) bond motifs is 1. The summed E-state index contributed by atoms with van der Waals surface area (Å²) in [5.74, 6) is 0.141. The first-order valence-corrected chi connectivity index (χ1v) is 12.7. The monoisotopic (exact) mass is 488 g/mol. The number of hydrogen-bond acceptors (Lipinski definition) is 7. The van der Waals surface area contributed by atoms with Gasteiger partial charge in [0.1, 0.15) is 13.2 Å². The maximum atomic E-state index is 12.7. The van der Waals surface area contributed by atoms with Crippen molar-refractivity contribution in [1.82, 2.24) is 9.62 Å². The largest absolute Gasteiger partial charge is 0.486 e. The first-order chi connectivity index (χ1) is 16.4. The molecule has 34 heavy (non-hydrogen) atoms. The highest BCUT2D eigenvalue weighted by molar-refractivity contribution is 7.89. The molecule has 1 fully saturated rings. The number of carbonyl (C=O) groups is 2. The van der Waals surface area contributed by atoms with Gasteiger partial charge in [-0.15, -0.1) is 0 Å². The number of ether oxygens (including phenoxy) is 3. The first-order valence-electron chi connectivity index (χ1n) is 11.3. The Bertz CT molecular complexity index is 1110. The van der Waals surface area contributed by atoms with E-state index in [9.17, 15) is 18.0 Å². The molecule has 0 spiro atoms. The van der Waals surface area contributed by atoms with E-state index < -0.39 is 21.9 Å². The Hall–Kier alpha value is -3.11. The SMILES string of the molecule is O=C(COC(=O)C1CCN(S(=O)(=O)c2ccccc2)CC1)NCCc1ccc2c(c1)OCCO2. The molecule has 1 saturated heterocycles. The third-order valence-corrected chi connectivity index (χ3v) is 7.77. The molecule has 0 aromatic heterocycles. The Morgan fingerprint density at radius 3 is 2.44 bits per heavy atom. The molecule has 2 heterocycles. The third kappa shape index (κ3) is 5.87. The Balaban J connectivity index is 1.16. The van der Waals surface area contributed by atoms with E-state index in [0.29, 0.717) is 44.8 Å². The Kier molecular flexibility index (Phi) is 7.69. The second-order valence-electron chi connectivity index (χ2n) is 8.18. The van der Waals surface area contributed by atoms with Crippen LogP contribution in [0, 0.1) is 5.92 Å². The normalized spacial score (nSPS) is 16.6. The van der Waals surface area contributed by atoms with Crippen LogP contribution in [0.2, 0.25) is 0 Å². The van der Waals surface area contributed by atoms with Gasteiger partial charge >= 0.3 is 5.97 Å². The van der Waals surface area contributed by atoms with E-state index in [0.717, 1.165) is 11.3 Å². The fourth-order valence-electron chi connectivity index (χ4n) is 3.97. The molecule has 4 rings (SSSR count). The van der Waals surface area contributed by atoms with Crippen molar-refractivity contribution in [2.45, 2.75) is 24.2 Å². The molecular formula is C24H28N2O7S. The van der Waals surface area contributed by atoms with Crippen molar-refractivity contribution in [3.05, 3.63) is 54.1 Å². The summed E-state index contributed by atoms with van der Waals surface area (Å²) in [6, 6.07) is 13.9. The van der Waals surface area contributed by atoms with Crippen LogP contribution in [0.5, 0.6) is 11.5 Å². The lowest BCUT2D eigenvalue weighted by Crippen LogP contribution is -2.41. The number of nitrogens with one attached hydrogen (secondary N) is 1. The average Bonchev–Trinajstić information content (AvgIpc) is 2.88. The zero-order valence-corrected chi connectivity index (χ0v) is 19.6. The number of nitrogens with zero attached hydrogens (tertiary/aromatic N) is 1. The van der Waals surface area contributed by atoms with Gasteiger partial charge in [-0.3, -0.25) is 9.59 Å². The molecule has 1 N–H and O–H groups in total. The molecule has 0 aliphatic carbocycles. The summed E-state index contributed by atoms with van der Waals surface area (Å²) in [6.45, 7) is 1.55. The van der Waals surface area contributed by atoms with Crippen LogP contribution in [0.4, 0.5) is 0 Å². The van der Waals surface area contributed by atoms with Gasteiger partial charge in [-0.05, 0) is 49.1 Å². The third-order valence-electron chi connectivity index (χ3n) is 5.86. The Morgan fingerprint density at radius 1 is 1.00 bits per heavy atom. The van der Waals surface area contributed by atoms with Crippen LogP contribution in [-0.2, 0) is 30.8 Å². The molecule has 182 valence electrons. The summed E-state index contributed by atoms with van der Waals surface area (Å²) in [7, 11) is -3.57. The van der Waals surface area contributed by atoms with Crippen molar-refractivity contribution < 1.29 is 32.2 Å². The highest BCUT2D eigenvalue weighted by Crippen LogP contribution is 2.30. The lowest BCUT2D eigenvalue weighted by molar-refractivity contribution is -0.153. The van der Waals surface area contributed by atoms with Gasteiger partial charge in [0, 0.05) is 19.6 Å². The van der Waals surface area contributed by atoms with Crippen molar-refractivity contribution in [2.75, 3.05) is 39.5 Å². The molecule has 2 aromatic carbocycles.